The Labute approximate surface area is 94.1 Å². The highest BCUT2D eigenvalue weighted by atomic mass is 16.5. The van der Waals surface area contributed by atoms with Gasteiger partial charge in [-0.1, -0.05) is 0 Å². The van der Waals surface area contributed by atoms with Crippen LogP contribution < -0.4 is 11.1 Å². The molecular weight excluding hydrogens is 210 g/mol. The lowest BCUT2D eigenvalue weighted by Gasteiger charge is -2.32. The standard InChI is InChI=1S/C10H17N3O3/c11-3-9(14)12-4-10(15)13-5-7-1-2-8(6-13)16-7/h7-8H,1-6,11H2,(H,12,14). The number of carbonyl (C=O) groups is 2. The van der Waals surface area contributed by atoms with Crippen LogP contribution in [0.25, 0.3) is 0 Å². The monoisotopic (exact) mass is 227 g/mol. The smallest absolute Gasteiger partial charge is 0.242 e. The van der Waals surface area contributed by atoms with E-state index in [0.717, 1.165) is 12.8 Å². The molecule has 0 spiro atoms. The Bertz CT molecular complexity index is 283. The summed E-state index contributed by atoms with van der Waals surface area (Å²) >= 11 is 0. The highest BCUT2D eigenvalue weighted by Gasteiger charge is 2.35. The van der Waals surface area contributed by atoms with Crippen molar-refractivity contribution in [2.24, 2.45) is 5.73 Å². The van der Waals surface area contributed by atoms with Crippen LogP contribution in [0.2, 0.25) is 0 Å². The Hall–Kier alpha value is -1.14. The number of carbonyl (C=O) groups excluding carboxylic acids is 2. The van der Waals surface area contributed by atoms with Gasteiger partial charge in [-0.2, -0.15) is 0 Å². The molecule has 2 amide bonds. The third-order valence-electron chi connectivity index (χ3n) is 3.02. The topological polar surface area (TPSA) is 84.7 Å². The Balaban J connectivity index is 1.79. The molecule has 6 nitrogen and oxygen atoms in total. The SMILES string of the molecule is NCC(=O)NCC(=O)N1CC2CCC(C1)O2. The van der Waals surface area contributed by atoms with Crippen molar-refractivity contribution in [1.82, 2.24) is 10.2 Å². The number of ether oxygens (including phenoxy) is 1. The predicted molar refractivity (Wildman–Crippen MR) is 56.5 cm³/mol. The molecule has 2 aliphatic heterocycles. The lowest BCUT2D eigenvalue weighted by molar-refractivity contribution is -0.140. The second-order valence-corrected chi connectivity index (χ2v) is 4.24. The largest absolute Gasteiger partial charge is 0.371 e. The molecule has 6 heteroatoms. The maximum Gasteiger partial charge on any atom is 0.242 e. The van der Waals surface area contributed by atoms with Gasteiger partial charge in [0.05, 0.1) is 25.3 Å². The number of rotatable bonds is 3. The molecular formula is C10H17N3O3. The molecule has 2 fully saturated rings. The van der Waals surface area contributed by atoms with Crippen LogP contribution in [0, 0.1) is 0 Å². The molecule has 0 aromatic carbocycles. The average Bonchev–Trinajstić information content (AvgIpc) is 2.64. The van der Waals surface area contributed by atoms with E-state index in [-0.39, 0.29) is 37.1 Å². The first kappa shape index (κ1) is 11.3. The first-order valence-corrected chi connectivity index (χ1v) is 5.59. The Morgan fingerprint density at radius 2 is 1.94 bits per heavy atom. The number of likely N-dealkylation sites (tertiary alicyclic amines) is 1. The highest BCUT2D eigenvalue weighted by molar-refractivity contribution is 5.85. The first-order chi connectivity index (χ1) is 7.69. The zero-order chi connectivity index (χ0) is 11.5. The Kier molecular flexibility index (Phi) is 3.40. The Morgan fingerprint density at radius 1 is 1.31 bits per heavy atom. The van der Waals surface area contributed by atoms with Crippen LogP contribution >= 0.6 is 0 Å². The lowest BCUT2D eigenvalue weighted by atomic mass is 10.2. The molecule has 2 bridgehead atoms. The first-order valence-electron chi connectivity index (χ1n) is 5.59. The lowest BCUT2D eigenvalue weighted by Crippen LogP contribution is -2.49. The summed E-state index contributed by atoms with van der Waals surface area (Å²) in [5, 5.41) is 2.48. The molecule has 2 aliphatic rings. The molecule has 2 rings (SSSR count). The number of amides is 2. The van der Waals surface area contributed by atoms with Gasteiger partial charge in [0.1, 0.15) is 0 Å². The van der Waals surface area contributed by atoms with Gasteiger partial charge in [-0.25, -0.2) is 0 Å². The minimum absolute atomic E-state index is 0.0372. The molecule has 3 N–H and O–H groups in total. The summed E-state index contributed by atoms with van der Waals surface area (Å²) in [6.45, 7) is 1.25. The van der Waals surface area contributed by atoms with E-state index in [4.69, 9.17) is 10.5 Å². The third kappa shape index (κ3) is 2.51. The van der Waals surface area contributed by atoms with Gasteiger partial charge in [-0.3, -0.25) is 9.59 Å². The molecule has 0 saturated carbocycles. The fraction of sp³-hybridized carbons (Fsp3) is 0.800. The van der Waals surface area contributed by atoms with E-state index in [9.17, 15) is 9.59 Å². The fourth-order valence-corrected chi connectivity index (χ4v) is 2.18. The summed E-state index contributed by atoms with van der Waals surface area (Å²) in [4.78, 5) is 24.4. The summed E-state index contributed by atoms with van der Waals surface area (Å²) in [5.41, 5.74) is 5.13. The van der Waals surface area contributed by atoms with Gasteiger partial charge in [0, 0.05) is 13.1 Å². The minimum atomic E-state index is -0.301. The highest BCUT2D eigenvalue weighted by Crippen LogP contribution is 2.25. The second kappa shape index (κ2) is 4.80. The van der Waals surface area contributed by atoms with Crippen molar-refractivity contribution in [1.29, 1.82) is 0 Å². The fourth-order valence-electron chi connectivity index (χ4n) is 2.18. The van der Waals surface area contributed by atoms with E-state index in [0.29, 0.717) is 13.1 Å². The van der Waals surface area contributed by atoms with Gasteiger partial charge >= 0.3 is 0 Å². The summed E-state index contributed by atoms with van der Waals surface area (Å²) in [6, 6.07) is 0. The van der Waals surface area contributed by atoms with Gasteiger partial charge in [-0.05, 0) is 12.8 Å². The molecule has 2 heterocycles. The van der Waals surface area contributed by atoms with Gasteiger partial charge < -0.3 is 20.7 Å². The molecule has 0 aromatic rings. The number of nitrogens with one attached hydrogen (secondary N) is 1. The quantitative estimate of drug-likeness (QED) is 0.611. The van der Waals surface area contributed by atoms with E-state index in [1.54, 1.807) is 4.90 Å². The molecule has 2 saturated heterocycles. The molecule has 2 unspecified atom stereocenters. The number of nitrogens with two attached hydrogens (primary N) is 1. The van der Waals surface area contributed by atoms with Crippen LogP contribution in [0.15, 0.2) is 0 Å². The number of hydrogen-bond acceptors (Lipinski definition) is 4. The number of nitrogens with zero attached hydrogens (tertiary/aromatic N) is 1. The van der Waals surface area contributed by atoms with E-state index in [1.807, 2.05) is 0 Å². The summed E-state index contributed by atoms with van der Waals surface area (Å²) in [7, 11) is 0. The third-order valence-corrected chi connectivity index (χ3v) is 3.02. The molecule has 0 aromatic heterocycles. The maximum absolute atomic E-state index is 11.8. The summed E-state index contributed by atoms with van der Waals surface area (Å²) < 4.78 is 5.62. The maximum atomic E-state index is 11.8. The predicted octanol–water partition coefficient (Wildman–Crippen LogP) is -1.55. The number of morpholine rings is 1. The second-order valence-electron chi connectivity index (χ2n) is 4.24. The van der Waals surface area contributed by atoms with Crippen LogP contribution in [0.3, 0.4) is 0 Å². The van der Waals surface area contributed by atoms with Crippen molar-refractivity contribution in [3.63, 3.8) is 0 Å². The minimum Gasteiger partial charge on any atom is -0.371 e. The van der Waals surface area contributed by atoms with E-state index in [1.165, 1.54) is 0 Å². The van der Waals surface area contributed by atoms with Gasteiger partial charge in [0.15, 0.2) is 0 Å². The molecule has 0 aliphatic carbocycles. The van der Waals surface area contributed by atoms with Gasteiger partial charge in [0.2, 0.25) is 11.8 Å². The Morgan fingerprint density at radius 3 is 2.50 bits per heavy atom. The average molecular weight is 227 g/mol. The van der Waals surface area contributed by atoms with Crippen LogP contribution in [0.5, 0.6) is 0 Å². The van der Waals surface area contributed by atoms with Crippen molar-refractivity contribution in [3.05, 3.63) is 0 Å². The van der Waals surface area contributed by atoms with E-state index in [2.05, 4.69) is 5.32 Å². The van der Waals surface area contributed by atoms with Crippen LogP contribution in [0.4, 0.5) is 0 Å². The number of hydrogen-bond donors (Lipinski definition) is 2. The van der Waals surface area contributed by atoms with Crippen LogP contribution in [0.1, 0.15) is 12.8 Å². The van der Waals surface area contributed by atoms with Crippen molar-refractivity contribution >= 4 is 11.8 Å². The zero-order valence-corrected chi connectivity index (χ0v) is 9.15. The molecule has 16 heavy (non-hydrogen) atoms. The summed E-state index contributed by atoms with van der Waals surface area (Å²) in [5.74, 6) is -0.355. The van der Waals surface area contributed by atoms with Crippen molar-refractivity contribution in [2.45, 2.75) is 25.0 Å². The van der Waals surface area contributed by atoms with E-state index >= 15 is 0 Å². The van der Waals surface area contributed by atoms with Crippen molar-refractivity contribution in [3.8, 4) is 0 Å². The van der Waals surface area contributed by atoms with E-state index < -0.39 is 0 Å². The van der Waals surface area contributed by atoms with Gasteiger partial charge in [0.25, 0.3) is 0 Å². The van der Waals surface area contributed by atoms with Crippen LogP contribution in [-0.4, -0.2) is 55.1 Å². The van der Waals surface area contributed by atoms with Crippen LogP contribution in [-0.2, 0) is 14.3 Å². The zero-order valence-electron chi connectivity index (χ0n) is 9.15. The summed E-state index contributed by atoms with van der Waals surface area (Å²) in [6.07, 6.45) is 2.44. The molecule has 0 radical (unpaired) electrons. The molecule has 2 atom stereocenters. The van der Waals surface area contributed by atoms with Crippen molar-refractivity contribution < 1.29 is 14.3 Å². The number of fused-ring (bicyclic) bond motifs is 2. The van der Waals surface area contributed by atoms with Gasteiger partial charge in [-0.15, -0.1) is 0 Å². The molecule has 90 valence electrons. The normalized spacial score (nSPS) is 27.9. The van der Waals surface area contributed by atoms with Crippen molar-refractivity contribution in [2.75, 3.05) is 26.2 Å².